The number of halogens is 1. The molecule has 3 nitrogen and oxygen atoms in total. The Bertz CT molecular complexity index is 275. The standard InChI is InChI=1S/C7H7BrN2O/c1-2-7-9-3-5(8)6(4-11)10-7/h3-4H,2H2,1H3. The third-order valence-corrected chi connectivity index (χ3v) is 1.86. The van der Waals surface area contributed by atoms with Gasteiger partial charge in [0.05, 0.1) is 4.47 Å². The van der Waals surface area contributed by atoms with E-state index in [1.54, 1.807) is 6.20 Å². The Kier molecular flexibility index (Phi) is 2.70. The van der Waals surface area contributed by atoms with Crippen LogP contribution in [0.2, 0.25) is 0 Å². The molecule has 0 N–H and O–H groups in total. The van der Waals surface area contributed by atoms with Crippen LogP contribution in [0, 0.1) is 0 Å². The maximum atomic E-state index is 10.4. The first-order chi connectivity index (χ1) is 5.27. The highest BCUT2D eigenvalue weighted by Gasteiger charge is 2.01. The Labute approximate surface area is 73.0 Å². The summed E-state index contributed by atoms with van der Waals surface area (Å²) in [5.74, 6) is 0.690. The fourth-order valence-corrected chi connectivity index (χ4v) is 0.956. The van der Waals surface area contributed by atoms with Crippen molar-refractivity contribution in [2.24, 2.45) is 0 Å². The van der Waals surface area contributed by atoms with Gasteiger partial charge in [-0.3, -0.25) is 4.79 Å². The van der Waals surface area contributed by atoms with E-state index in [2.05, 4.69) is 25.9 Å². The monoisotopic (exact) mass is 214 g/mol. The van der Waals surface area contributed by atoms with Crippen molar-refractivity contribution in [3.8, 4) is 0 Å². The van der Waals surface area contributed by atoms with E-state index in [4.69, 9.17) is 0 Å². The van der Waals surface area contributed by atoms with Crippen molar-refractivity contribution in [3.05, 3.63) is 22.2 Å². The number of hydrogen-bond donors (Lipinski definition) is 0. The lowest BCUT2D eigenvalue weighted by Gasteiger charge is -1.96. The molecule has 0 aliphatic rings. The van der Waals surface area contributed by atoms with Gasteiger partial charge in [-0.05, 0) is 15.9 Å². The molecule has 0 fully saturated rings. The molecule has 0 atom stereocenters. The summed E-state index contributed by atoms with van der Waals surface area (Å²) >= 11 is 3.16. The zero-order valence-electron chi connectivity index (χ0n) is 6.04. The SMILES string of the molecule is CCc1ncc(Br)c(C=O)n1. The van der Waals surface area contributed by atoms with Crippen molar-refractivity contribution < 1.29 is 4.79 Å². The van der Waals surface area contributed by atoms with Crippen LogP contribution in [0.3, 0.4) is 0 Å². The van der Waals surface area contributed by atoms with Crippen molar-refractivity contribution >= 4 is 22.2 Å². The van der Waals surface area contributed by atoms with E-state index in [0.717, 1.165) is 6.42 Å². The third kappa shape index (κ3) is 1.83. The molecular formula is C7H7BrN2O. The molecule has 0 aliphatic heterocycles. The average Bonchev–Trinajstić information content (AvgIpc) is 2.05. The Morgan fingerprint density at radius 3 is 3.00 bits per heavy atom. The van der Waals surface area contributed by atoms with Crippen LogP contribution in [0.25, 0.3) is 0 Å². The molecule has 0 aromatic carbocycles. The third-order valence-electron chi connectivity index (χ3n) is 1.25. The molecule has 58 valence electrons. The van der Waals surface area contributed by atoms with E-state index in [1.165, 1.54) is 0 Å². The molecule has 0 bridgehead atoms. The smallest absolute Gasteiger partial charge is 0.169 e. The summed E-state index contributed by atoms with van der Waals surface area (Å²) in [6.45, 7) is 1.94. The molecule has 1 aromatic heterocycles. The van der Waals surface area contributed by atoms with Gasteiger partial charge in [0.15, 0.2) is 6.29 Å². The van der Waals surface area contributed by atoms with Gasteiger partial charge in [-0.1, -0.05) is 6.92 Å². The maximum Gasteiger partial charge on any atom is 0.169 e. The Hall–Kier alpha value is -0.770. The molecule has 0 saturated carbocycles. The van der Waals surface area contributed by atoms with Crippen LogP contribution in [0.15, 0.2) is 10.7 Å². The first-order valence-corrected chi connectivity index (χ1v) is 4.03. The Morgan fingerprint density at radius 1 is 1.73 bits per heavy atom. The lowest BCUT2D eigenvalue weighted by atomic mass is 10.4. The van der Waals surface area contributed by atoms with Gasteiger partial charge in [0.25, 0.3) is 0 Å². The molecular weight excluding hydrogens is 208 g/mol. The second-order valence-corrected chi connectivity index (χ2v) is 2.85. The molecule has 1 rings (SSSR count). The van der Waals surface area contributed by atoms with Crippen LogP contribution in [-0.2, 0) is 6.42 Å². The Balaban J connectivity index is 3.12. The predicted octanol–water partition coefficient (Wildman–Crippen LogP) is 1.61. The molecule has 0 unspecified atom stereocenters. The number of rotatable bonds is 2. The quantitative estimate of drug-likeness (QED) is 0.704. The van der Waals surface area contributed by atoms with Gasteiger partial charge in [-0.25, -0.2) is 9.97 Å². The van der Waals surface area contributed by atoms with Crippen molar-refractivity contribution in [2.75, 3.05) is 0 Å². The van der Waals surface area contributed by atoms with Crippen LogP contribution in [0.4, 0.5) is 0 Å². The summed E-state index contributed by atoms with van der Waals surface area (Å²) in [7, 11) is 0. The molecule has 0 amide bonds. The van der Waals surface area contributed by atoms with Gasteiger partial charge in [0.1, 0.15) is 11.5 Å². The van der Waals surface area contributed by atoms with Gasteiger partial charge >= 0.3 is 0 Å². The van der Waals surface area contributed by atoms with Crippen molar-refractivity contribution in [1.82, 2.24) is 9.97 Å². The number of nitrogens with zero attached hydrogens (tertiary/aromatic N) is 2. The predicted molar refractivity (Wildman–Crippen MR) is 44.5 cm³/mol. The minimum absolute atomic E-state index is 0.414. The van der Waals surface area contributed by atoms with Crippen LogP contribution in [0.1, 0.15) is 23.2 Å². The molecule has 0 radical (unpaired) electrons. The summed E-state index contributed by atoms with van der Waals surface area (Å²) in [6.07, 6.45) is 3.05. The highest BCUT2D eigenvalue weighted by molar-refractivity contribution is 9.10. The Morgan fingerprint density at radius 2 is 2.45 bits per heavy atom. The first-order valence-electron chi connectivity index (χ1n) is 3.24. The van der Waals surface area contributed by atoms with Gasteiger partial charge in [-0.15, -0.1) is 0 Å². The number of aryl methyl sites for hydroxylation is 1. The lowest BCUT2D eigenvalue weighted by Crippen LogP contribution is -1.97. The fourth-order valence-electron chi connectivity index (χ4n) is 0.672. The second-order valence-electron chi connectivity index (χ2n) is 1.99. The number of aldehydes is 1. The van der Waals surface area contributed by atoms with Crippen LogP contribution >= 0.6 is 15.9 Å². The number of hydrogen-bond acceptors (Lipinski definition) is 3. The normalized spacial score (nSPS) is 9.64. The zero-order chi connectivity index (χ0) is 8.27. The molecule has 1 aromatic rings. The van der Waals surface area contributed by atoms with Crippen LogP contribution in [-0.4, -0.2) is 16.3 Å². The van der Waals surface area contributed by atoms with Crippen LogP contribution < -0.4 is 0 Å². The van der Waals surface area contributed by atoms with E-state index in [-0.39, 0.29) is 0 Å². The van der Waals surface area contributed by atoms with Gasteiger partial charge in [-0.2, -0.15) is 0 Å². The molecule has 4 heteroatoms. The molecule has 1 heterocycles. The zero-order valence-corrected chi connectivity index (χ0v) is 7.63. The van der Waals surface area contributed by atoms with E-state index in [9.17, 15) is 4.79 Å². The molecule has 0 spiro atoms. The highest BCUT2D eigenvalue weighted by Crippen LogP contribution is 2.10. The van der Waals surface area contributed by atoms with Crippen molar-refractivity contribution in [2.45, 2.75) is 13.3 Å². The minimum Gasteiger partial charge on any atom is -0.296 e. The average molecular weight is 215 g/mol. The summed E-state index contributed by atoms with van der Waals surface area (Å²) < 4.78 is 0.643. The minimum atomic E-state index is 0.414. The largest absolute Gasteiger partial charge is 0.296 e. The summed E-state index contributed by atoms with van der Waals surface area (Å²) in [5.41, 5.74) is 0.414. The van der Waals surface area contributed by atoms with Crippen molar-refractivity contribution in [3.63, 3.8) is 0 Å². The first kappa shape index (κ1) is 8.33. The molecule has 0 saturated heterocycles. The topological polar surface area (TPSA) is 42.9 Å². The number of carbonyl (C=O) groups excluding carboxylic acids is 1. The highest BCUT2D eigenvalue weighted by atomic mass is 79.9. The van der Waals surface area contributed by atoms with Gasteiger partial charge < -0.3 is 0 Å². The van der Waals surface area contributed by atoms with Gasteiger partial charge in [0.2, 0.25) is 0 Å². The van der Waals surface area contributed by atoms with E-state index in [1.807, 2.05) is 6.92 Å². The molecule has 0 aliphatic carbocycles. The van der Waals surface area contributed by atoms with E-state index in [0.29, 0.717) is 22.3 Å². The van der Waals surface area contributed by atoms with Crippen molar-refractivity contribution in [1.29, 1.82) is 0 Å². The second kappa shape index (κ2) is 3.57. The van der Waals surface area contributed by atoms with Gasteiger partial charge in [0, 0.05) is 12.6 Å². The summed E-state index contributed by atoms with van der Waals surface area (Å²) in [5, 5.41) is 0. The number of aromatic nitrogens is 2. The summed E-state index contributed by atoms with van der Waals surface area (Å²) in [6, 6.07) is 0. The maximum absolute atomic E-state index is 10.4. The summed E-state index contributed by atoms with van der Waals surface area (Å²) in [4.78, 5) is 18.3. The van der Waals surface area contributed by atoms with Crippen LogP contribution in [0.5, 0.6) is 0 Å². The van der Waals surface area contributed by atoms with E-state index < -0.39 is 0 Å². The molecule has 11 heavy (non-hydrogen) atoms. The fraction of sp³-hybridized carbons (Fsp3) is 0.286. The van der Waals surface area contributed by atoms with E-state index >= 15 is 0 Å². The number of carbonyl (C=O) groups is 1. The lowest BCUT2D eigenvalue weighted by molar-refractivity contribution is 0.111.